The van der Waals surface area contributed by atoms with E-state index in [9.17, 15) is 9.90 Å². The molecule has 0 aliphatic carbocycles. The number of anilines is 1. The van der Waals surface area contributed by atoms with Gasteiger partial charge in [-0.1, -0.05) is 18.2 Å². The molecule has 2 rings (SSSR count). The highest BCUT2D eigenvalue weighted by Crippen LogP contribution is 2.34. The Labute approximate surface area is 135 Å². The van der Waals surface area contributed by atoms with Crippen LogP contribution in [0.4, 0.5) is 10.7 Å². The van der Waals surface area contributed by atoms with Crippen LogP contribution >= 0.6 is 11.6 Å². The van der Waals surface area contributed by atoms with E-state index in [1.165, 1.54) is 4.90 Å². The van der Waals surface area contributed by atoms with Gasteiger partial charge in [0.2, 0.25) is 5.88 Å². The lowest BCUT2D eigenvalue weighted by Gasteiger charge is -2.22. The summed E-state index contributed by atoms with van der Waals surface area (Å²) in [5.41, 5.74) is 0.512. The van der Waals surface area contributed by atoms with E-state index >= 15 is 0 Å². The van der Waals surface area contributed by atoms with E-state index in [4.69, 9.17) is 16.1 Å². The molecule has 1 aliphatic rings. The molecule has 1 aliphatic heterocycles. The predicted molar refractivity (Wildman–Crippen MR) is 84.9 cm³/mol. The minimum absolute atomic E-state index is 0.203. The average molecular weight is 328 g/mol. The van der Waals surface area contributed by atoms with Gasteiger partial charge in [-0.05, 0) is 26.7 Å². The molecule has 22 heavy (non-hydrogen) atoms. The fraction of sp³-hybridized carbons (Fsp3) is 0.600. The average Bonchev–Trinajstić information content (AvgIpc) is 2.98. The lowest BCUT2D eigenvalue weighted by atomic mass is 10.1. The van der Waals surface area contributed by atoms with Crippen LogP contribution in [0.25, 0.3) is 0 Å². The molecule has 2 heterocycles. The van der Waals surface area contributed by atoms with Crippen molar-refractivity contribution >= 4 is 23.5 Å². The number of alkyl halides is 1. The summed E-state index contributed by atoms with van der Waals surface area (Å²) in [7, 11) is 0. The summed E-state index contributed by atoms with van der Waals surface area (Å²) in [6.45, 7) is 9.80. The van der Waals surface area contributed by atoms with Crippen LogP contribution < -0.4 is 4.90 Å². The maximum atomic E-state index is 12.6. The molecule has 0 radical (unpaired) electrons. The maximum absolute atomic E-state index is 12.6. The Morgan fingerprint density at radius 2 is 2.27 bits per heavy atom. The van der Waals surface area contributed by atoms with E-state index in [2.05, 4.69) is 11.7 Å². The van der Waals surface area contributed by atoms with Crippen molar-refractivity contribution in [1.82, 2.24) is 10.1 Å². The molecule has 0 spiro atoms. The number of aliphatic hydroxyl groups is 1. The highest BCUT2D eigenvalue weighted by molar-refractivity contribution is 6.23. The van der Waals surface area contributed by atoms with Crippen LogP contribution in [0.3, 0.4) is 0 Å². The lowest BCUT2D eigenvalue weighted by Crippen LogP contribution is -2.37. The van der Waals surface area contributed by atoms with Crippen molar-refractivity contribution in [1.29, 1.82) is 0 Å². The molecule has 1 aromatic rings. The lowest BCUT2D eigenvalue weighted by molar-refractivity contribution is 0.118. The van der Waals surface area contributed by atoms with Crippen molar-refractivity contribution in [3.63, 3.8) is 0 Å². The third-order valence-corrected chi connectivity index (χ3v) is 3.87. The number of hydrogen-bond acceptors (Lipinski definition) is 4. The van der Waals surface area contributed by atoms with Gasteiger partial charge in [0.1, 0.15) is 5.69 Å². The summed E-state index contributed by atoms with van der Waals surface area (Å²) >= 11 is 6.20. The number of carbonyl (C=O) groups excluding carboxylic acids is 1. The molecule has 2 unspecified atom stereocenters. The van der Waals surface area contributed by atoms with Crippen LogP contribution in [0, 0.1) is 0 Å². The summed E-state index contributed by atoms with van der Waals surface area (Å²) in [6, 6.07) is 0.952. The van der Waals surface area contributed by atoms with Gasteiger partial charge in [0.05, 0.1) is 10.9 Å². The number of halogens is 1. The molecule has 0 saturated carbocycles. The van der Waals surface area contributed by atoms with E-state index in [-0.39, 0.29) is 18.0 Å². The monoisotopic (exact) mass is 327 g/mol. The number of aliphatic hydroxyl groups excluding tert-OH is 1. The third kappa shape index (κ3) is 2.98. The number of amides is 2. The van der Waals surface area contributed by atoms with Gasteiger partial charge in [0.15, 0.2) is 6.23 Å². The summed E-state index contributed by atoms with van der Waals surface area (Å²) < 4.78 is 5.23. The Bertz CT molecular complexity index is 552. The molecule has 2 atom stereocenters. The Balaban J connectivity index is 2.32. The van der Waals surface area contributed by atoms with E-state index in [0.717, 1.165) is 6.42 Å². The SMILES string of the molecule is C=CCC1C(O)N(c2cc(C(C)(C)Cl)no2)C(=O)N1CCC. The van der Waals surface area contributed by atoms with Gasteiger partial charge in [-0.25, -0.2) is 9.69 Å². The second-order valence-electron chi connectivity index (χ2n) is 5.87. The fourth-order valence-corrected chi connectivity index (χ4v) is 2.62. The topological polar surface area (TPSA) is 69.8 Å². The zero-order chi connectivity index (χ0) is 16.5. The normalized spacial score (nSPS) is 22.5. The fourth-order valence-electron chi connectivity index (χ4n) is 2.53. The van der Waals surface area contributed by atoms with Gasteiger partial charge >= 0.3 is 6.03 Å². The first kappa shape index (κ1) is 16.8. The number of rotatable bonds is 6. The van der Waals surface area contributed by atoms with Crippen LogP contribution in [0.5, 0.6) is 0 Å². The quantitative estimate of drug-likeness (QED) is 0.644. The Hall–Kier alpha value is -1.53. The molecule has 0 bridgehead atoms. The maximum Gasteiger partial charge on any atom is 0.329 e. The van der Waals surface area contributed by atoms with Gasteiger partial charge in [-0.2, -0.15) is 0 Å². The number of aromatic nitrogens is 1. The van der Waals surface area contributed by atoms with Crippen LogP contribution in [0.15, 0.2) is 23.2 Å². The number of carbonyl (C=O) groups is 1. The molecular weight excluding hydrogens is 306 g/mol. The minimum Gasteiger partial charge on any atom is -0.371 e. The highest BCUT2D eigenvalue weighted by atomic mass is 35.5. The minimum atomic E-state index is -1.00. The Morgan fingerprint density at radius 1 is 1.59 bits per heavy atom. The molecule has 122 valence electrons. The Morgan fingerprint density at radius 3 is 2.77 bits per heavy atom. The predicted octanol–water partition coefficient (Wildman–Crippen LogP) is 3.06. The summed E-state index contributed by atoms with van der Waals surface area (Å²) in [5.74, 6) is 0.203. The first-order chi connectivity index (χ1) is 10.3. The van der Waals surface area contributed by atoms with Crippen molar-refractivity contribution in [3.05, 3.63) is 24.4 Å². The van der Waals surface area contributed by atoms with E-state index in [1.54, 1.807) is 30.9 Å². The zero-order valence-electron chi connectivity index (χ0n) is 13.1. The van der Waals surface area contributed by atoms with Gasteiger partial charge in [0.25, 0.3) is 0 Å². The number of urea groups is 1. The highest BCUT2D eigenvalue weighted by Gasteiger charge is 2.46. The third-order valence-electron chi connectivity index (χ3n) is 3.68. The van der Waals surface area contributed by atoms with Crippen molar-refractivity contribution in [3.8, 4) is 0 Å². The molecule has 1 saturated heterocycles. The van der Waals surface area contributed by atoms with E-state index in [0.29, 0.717) is 18.7 Å². The Kier molecular flexibility index (Phi) is 4.82. The van der Waals surface area contributed by atoms with Crippen LogP contribution in [0.2, 0.25) is 0 Å². The molecule has 1 fully saturated rings. The standard InChI is InChI=1S/C15H22ClN3O3/c1-5-7-10-13(20)19(14(21)18(10)8-6-2)12-9-11(17-22-12)15(3,4)16/h5,9-10,13,20H,1,6-8H2,2-4H3. The summed E-state index contributed by atoms with van der Waals surface area (Å²) in [5, 5.41) is 14.4. The van der Waals surface area contributed by atoms with Crippen molar-refractivity contribution in [2.45, 2.75) is 50.8 Å². The van der Waals surface area contributed by atoms with Crippen LogP contribution in [0.1, 0.15) is 39.3 Å². The van der Waals surface area contributed by atoms with Gasteiger partial charge in [-0.15, -0.1) is 18.2 Å². The van der Waals surface area contributed by atoms with Gasteiger partial charge in [0, 0.05) is 12.6 Å². The van der Waals surface area contributed by atoms with Crippen molar-refractivity contribution in [2.75, 3.05) is 11.4 Å². The van der Waals surface area contributed by atoms with Crippen molar-refractivity contribution in [2.24, 2.45) is 0 Å². The molecule has 7 heteroatoms. The molecule has 0 aromatic carbocycles. The largest absolute Gasteiger partial charge is 0.371 e. The summed E-state index contributed by atoms with van der Waals surface area (Å²) in [4.78, 5) is 14.7. The van der Waals surface area contributed by atoms with Gasteiger partial charge in [-0.3, -0.25) is 0 Å². The molecule has 2 amide bonds. The van der Waals surface area contributed by atoms with Crippen LogP contribution in [-0.4, -0.2) is 40.0 Å². The van der Waals surface area contributed by atoms with E-state index in [1.807, 2.05) is 6.92 Å². The molecule has 6 nitrogen and oxygen atoms in total. The van der Waals surface area contributed by atoms with Crippen LogP contribution in [-0.2, 0) is 4.87 Å². The first-order valence-electron chi connectivity index (χ1n) is 7.36. The van der Waals surface area contributed by atoms with Gasteiger partial charge < -0.3 is 14.5 Å². The van der Waals surface area contributed by atoms with Crippen molar-refractivity contribution < 1.29 is 14.4 Å². The van der Waals surface area contributed by atoms with E-state index < -0.39 is 11.1 Å². The summed E-state index contributed by atoms with van der Waals surface area (Å²) in [6.07, 6.45) is 2.00. The molecular formula is C15H22ClN3O3. The smallest absolute Gasteiger partial charge is 0.329 e. The molecule has 1 N–H and O–H groups in total. The molecule has 1 aromatic heterocycles. The number of nitrogens with zero attached hydrogens (tertiary/aromatic N) is 3. The zero-order valence-corrected chi connectivity index (χ0v) is 13.9. The number of hydrogen-bond donors (Lipinski definition) is 1. The second kappa shape index (κ2) is 6.30. The second-order valence-corrected chi connectivity index (χ2v) is 6.82. The first-order valence-corrected chi connectivity index (χ1v) is 7.74.